The maximum absolute atomic E-state index is 12.6. The van der Waals surface area contributed by atoms with E-state index in [0.717, 1.165) is 10.2 Å². The molecule has 0 fully saturated rings. The molecule has 1 N–H and O–H groups in total. The first-order valence-electron chi connectivity index (χ1n) is 5.96. The van der Waals surface area contributed by atoms with Gasteiger partial charge in [0.05, 0.1) is 12.1 Å². The average molecular weight is 274 g/mol. The molecule has 0 aliphatic rings. The van der Waals surface area contributed by atoms with Crippen LogP contribution >= 0.6 is 11.3 Å². The minimum absolute atomic E-state index is 0.0606. The molecule has 2 heterocycles. The lowest BCUT2D eigenvalue weighted by Crippen LogP contribution is -2.27. The van der Waals surface area contributed by atoms with Gasteiger partial charge < -0.3 is 5.11 Å². The van der Waals surface area contributed by atoms with Crippen LogP contribution in [0.2, 0.25) is 0 Å². The number of benzene rings is 1. The molecule has 0 saturated carbocycles. The Hall–Kier alpha value is -1.85. The monoisotopic (exact) mass is 274 g/mol. The van der Waals surface area contributed by atoms with Gasteiger partial charge >= 0.3 is 0 Å². The van der Waals surface area contributed by atoms with E-state index in [1.807, 2.05) is 30.4 Å². The second kappa shape index (κ2) is 4.36. The van der Waals surface area contributed by atoms with E-state index in [0.29, 0.717) is 17.4 Å². The van der Waals surface area contributed by atoms with E-state index in [1.165, 1.54) is 11.3 Å². The van der Waals surface area contributed by atoms with Crippen molar-refractivity contribution in [3.63, 3.8) is 0 Å². The summed E-state index contributed by atoms with van der Waals surface area (Å²) in [5.74, 6) is 0.162. The quantitative estimate of drug-likeness (QED) is 0.780. The van der Waals surface area contributed by atoms with Crippen LogP contribution in [-0.4, -0.2) is 28.7 Å². The average Bonchev–Trinajstić information content (AvgIpc) is 2.83. The number of thiophene rings is 1. The van der Waals surface area contributed by atoms with E-state index in [4.69, 9.17) is 0 Å². The van der Waals surface area contributed by atoms with Gasteiger partial charge in [-0.25, -0.2) is 0 Å². The van der Waals surface area contributed by atoms with Crippen LogP contribution in [0.1, 0.15) is 0 Å². The zero-order valence-corrected chi connectivity index (χ0v) is 11.6. The minimum atomic E-state index is -0.0606. The normalized spacial score (nSPS) is 11.7. The van der Waals surface area contributed by atoms with Crippen LogP contribution in [0, 0.1) is 0 Å². The summed E-state index contributed by atoms with van der Waals surface area (Å²) in [4.78, 5) is 15.4. The zero-order chi connectivity index (χ0) is 13.6. The summed E-state index contributed by atoms with van der Waals surface area (Å²) in [5, 5.41) is 14.1. The minimum Gasteiger partial charge on any atom is -0.507 e. The summed E-state index contributed by atoms with van der Waals surface area (Å²) < 4.78 is 1.75. The third-order valence-electron chi connectivity index (χ3n) is 3.10. The molecule has 1 aromatic carbocycles. The molecular formula is C14H14N2O2S. The lowest BCUT2D eigenvalue weighted by Gasteiger charge is -2.15. The fourth-order valence-corrected chi connectivity index (χ4v) is 3.25. The number of aromatic nitrogens is 1. The second-order valence-electron chi connectivity index (χ2n) is 4.79. The highest BCUT2D eigenvalue weighted by atomic mass is 32.1. The van der Waals surface area contributed by atoms with Crippen LogP contribution in [0.3, 0.4) is 0 Å². The van der Waals surface area contributed by atoms with Crippen LogP contribution in [0.15, 0.2) is 34.4 Å². The predicted octanol–water partition coefficient (Wildman–Crippen LogP) is 2.44. The predicted molar refractivity (Wildman–Crippen MR) is 78.9 cm³/mol. The van der Waals surface area contributed by atoms with Gasteiger partial charge in [-0.05, 0) is 37.7 Å². The summed E-state index contributed by atoms with van der Waals surface area (Å²) in [7, 11) is 3.86. The number of hydrogen-bond donors (Lipinski definition) is 1. The van der Waals surface area contributed by atoms with Crippen molar-refractivity contribution in [3.8, 4) is 5.75 Å². The summed E-state index contributed by atoms with van der Waals surface area (Å²) in [6.45, 7) is 0.529. The molecule has 5 heteroatoms. The van der Waals surface area contributed by atoms with Crippen LogP contribution in [0.5, 0.6) is 5.75 Å². The molecule has 3 aromatic rings. The molecule has 3 rings (SSSR count). The first-order valence-corrected chi connectivity index (χ1v) is 6.84. The van der Waals surface area contributed by atoms with Crippen LogP contribution < -0.4 is 5.56 Å². The Bertz CT molecular complexity index is 817. The number of pyridine rings is 1. The Morgan fingerprint density at radius 3 is 2.79 bits per heavy atom. The largest absolute Gasteiger partial charge is 0.507 e. The lowest BCUT2D eigenvalue weighted by atomic mass is 10.1. The number of nitrogens with zero attached hydrogens (tertiary/aromatic N) is 2. The van der Waals surface area contributed by atoms with E-state index < -0.39 is 0 Å². The van der Waals surface area contributed by atoms with Crippen molar-refractivity contribution < 1.29 is 5.11 Å². The standard InChI is InChI=1S/C14H14N2O2S/c1-15(2)8-16-13(18)9-4-3-5-11(17)12(9)10-6-7-19-14(10)16/h3-7,17H,8H2,1-2H3. The SMILES string of the molecule is CN(C)Cn1c(=O)c2cccc(O)c2c2ccsc21. The first kappa shape index (κ1) is 12.2. The fourth-order valence-electron chi connectivity index (χ4n) is 2.35. The Morgan fingerprint density at radius 1 is 1.26 bits per heavy atom. The van der Waals surface area contributed by atoms with Gasteiger partial charge in [0.1, 0.15) is 10.6 Å². The molecule has 2 aromatic heterocycles. The Morgan fingerprint density at radius 2 is 2.05 bits per heavy atom. The Kier molecular flexibility index (Phi) is 2.80. The van der Waals surface area contributed by atoms with E-state index in [-0.39, 0.29) is 11.3 Å². The third-order valence-corrected chi connectivity index (χ3v) is 4.04. The topological polar surface area (TPSA) is 45.5 Å². The zero-order valence-electron chi connectivity index (χ0n) is 10.8. The molecular weight excluding hydrogens is 260 g/mol. The molecule has 0 radical (unpaired) electrons. The molecule has 0 bridgehead atoms. The molecule has 98 valence electrons. The molecule has 4 nitrogen and oxygen atoms in total. The number of phenols is 1. The molecule has 0 aliphatic carbocycles. The highest BCUT2D eigenvalue weighted by Crippen LogP contribution is 2.32. The number of hydrogen-bond acceptors (Lipinski definition) is 4. The van der Waals surface area contributed by atoms with Crippen LogP contribution in [0.4, 0.5) is 0 Å². The van der Waals surface area contributed by atoms with Gasteiger partial charge in [-0.15, -0.1) is 11.3 Å². The smallest absolute Gasteiger partial charge is 0.260 e. The van der Waals surface area contributed by atoms with Crippen molar-refractivity contribution in [2.24, 2.45) is 0 Å². The van der Waals surface area contributed by atoms with Crippen molar-refractivity contribution in [1.82, 2.24) is 9.47 Å². The molecule has 0 aliphatic heterocycles. The Balaban J connectivity index is 2.52. The molecule has 0 saturated heterocycles. The number of aromatic hydroxyl groups is 1. The van der Waals surface area contributed by atoms with Crippen molar-refractivity contribution >= 4 is 32.3 Å². The second-order valence-corrected chi connectivity index (χ2v) is 5.69. The molecule has 0 amide bonds. The maximum Gasteiger partial charge on any atom is 0.260 e. The van der Waals surface area contributed by atoms with Crippen molar-refractivity contribution in [1.29, 1.82) is 0 Å². The Labute approximate surface area is 114 Å². The molecule has 0 spiro atoms. The lowest BCUT2D eigenvalue weighted by molar-refractivity contribution is 0.329. The summed E-state index contributed by atoms with van der Waals surface area (Å²) in [6, 6.07) is 7.04. The van der Waals surface area contributed by atoms with E-state index in [1.54, 1.807) is 22.8 Å². The molecule has 0 unspecified atom stereocenters. The van der Waals surface area contributed by atoms with Gasteiger partial charge in [0, 0.05) is 10.8 Å². The summed E-state index contributed by atoms with van der Waals surface area (Å²) in [5.41, 5.74) is -0.0606. The highest BCUT2D eigenvalue weighted by Gasteiger charge is 2.14. The number of rotatable bonds is 2. The third kappa shape index (κ3) is 1.82. The number of fused-ring (bicyclic) bond motifs is 3. The van der Waals surface area contributed by atoms with E-state index in [2.05, 4.69) is 0 Å². The maximum atomic E-state index is 12.6. The molecule has 0 atom stereocenters. The van der Waals surface area contributed by atoms with E-state index in [9.17, 15) is 9.90 Å². The van der Waals surface area contributed by atoms with Crippen LogP contribution in [0.25, 0.3) is 21.0 Å². The van der Waals surface area contributed by atoms with Crippen molar-refractivity contribution in [2.45, 2.75) is 6.67 Å². The summed E-state index contributed by atoms with van der Waals surface area (Å²) >= 11 is 1.52. The van der Waals surface area contributed by atoms with Gasteiger partial charge in [0.15, 0.2) is 0 Å². The van der Waals surface area contributed by atoms with Gasteiger partial charge in [0.25, 0.3) is 5.56 Å². The van der Waals surface area contributed by atoms with Crippen LogP contribution in [-0.2, 0) is 6.67 Å². The summed E-state index contributed by atoms with van der Waals surface area (Å²) in [6.07, 6.45) is 0. The van der Waals surface area contributed by atoms with Gasteiger partial charge in [-0.1, -0.05) is 6.07 Å². The van der Waals surface area contributed by atoms with E-state index >= 15 is 0 Å². The molecule has 19 heavy (non-hydrogen) atoms. The fraction of sp³-hybridized carbons (Fsp3) is 0.214. The van der Waals surface area contributed by atoms with Crippen molar-refractivity contribution in [2.75, 3.05) is 14.1 Å². The van der Waals surface area contributed by atoms with Crippen molar-refractivity contribution in [3.05, 3.63) is 40.0 Å². The number of phenolic OH excluding ortho intramolecular Hbond substituents is 1. The van der Waals surface area contributed by atoms with Gasteiger partial charge in [-0.2, -0.15) is 0 Å². The first-order chi connectivity index (χ1) is 9.09. The van der Waals surface area contributed by atoms with Gasteiger partial charge in [0.2, 0.25) is 0 Å². The van der Waals surface area contributed by atoms with Gasteiger partial charge in [-0.3, -0.25) is 14.3 Å². The highest BCUT2D eigenvalue weighted by molar-refractivity contribution is 7.17.